The molecule has 0 aliphatic carbocycles. The smallest absolute Gasteiger partial charge is 0.251 e. The Balaban J connectivity index is 1.66. The second kappa shape index (κ2) is 5.63. The largest absolute Gasteiger partial charge is 0.352 e. The highest BCUT2D eigenvalue weighted by Crippen LogP contribution is 2.22. The van der Waals surface area contributed by atoms with Gasteiger partial charge in [-0.15, -0.1) is 0 Å². The number of hydrogen-bond acceptors (Lipinski definition) is 3. The molecule has 3 rings (SSSR count). The van der Waals surface area contributed by atoms with Crippen molar-refractivity contribution in [3.63, 3.8) is 0 Å². The summed E-state index contributed by atoms with van der Waals surface area (Å²) in [5.41, 5.74) is 1.44. The van der Waals surface area contributed by atoms with Gasteiger partial charge in [-0.2, -0.15) is 0 Å². The summed E-state index contributed by atoms with van der Waals surface area (Å²) in [5, 5.41) is 6.13. The van der Waals surface area contributed by atoms with Gasteiger partial charge < -0.3 is 15.5 Å². The average Bonchev–Trinajstić information content (AvgIpc) is 2.83. The van der Waals surface area contributed by atoms with Gasteiger partial charge in [0.05, 0.1) is 0 Å². The first kappa shape index (κ1) is 13.1. The first-order valence-corrected chi connectivity index (χ1v) is 7.13. The number of amides is 2. The van der Waals surface area contributed by atoms with Crippen molar-refractivity contribution in [2.75, 3.05) is 31.1 Å². The summed E-state index contributed by atoms with van der Waals surface area (Å²) in [6.45, 7) is 3.40. The van der Waals surface area contributed by atoms with Crippen molar-refractivity contribution in [2.24, 2.45) is 5.92 Å². The fourth-order valence-corrected chi connectivity index (χ4v) is 2.57. The van der Waals surface area contributed by atoms with Crippen LogP contribution in [0.15, 0.2) is 24.3 Å². The fraction of sp³-hybridized carbons (Fsp3) is 0.467. The molecule has 0 unspecified atom stereocenters. The second-order valence-electron chi connectivity index (χ2n) is 5.43. The Labute approximate surface area is 118 Å². The Bertz CT molecular complexity index is 526. The van der Waals surface area contributed by atoms with Gasteiger partial charge in [-0.3, -0.25) is 9.59 Å². The van der Waals surface area contributed by atoms with E-state index >= 15 is 0 Å². The molecule has 0 spiro atoms. The molecule has 20 heavy (non-hydrogen) atoms. The summed E-state index contributed by atoms with van der Waals surface area (Å²) >= 11 is 0. The van der Waals surface area contributed by atoms with Crippen LogP contribution in [-0.4, -0.2) is 38.0 Å². The molecular formula is C15H19N3O2. The minimum atomic E-state index is -0.0644. The quantitative estimate of drug-likeness (QED) is 0.851. The van der Waals surface area contributed by atoms with Gasteiger partial charge in [0.2, 0.25) is 5.91 Å². The van der Waals surface area contributed by atoms with Gasteiger partial charge in [-0.05, 0) is 24.6 Å². The molecule has 5 heteroatoms. The van der Waals surface area contributed by atoms with E-state index in [1.807, 2.05) is 12.1 Å². The van der Waals surface area contributed by atoms with Crippen molar-refractivity contribution in [3.05, 3.63) is 29.8 Å². The maximum Gasteiger partial charge on any atom is 0.251 e. The van der Waals surface area contributed by atoms with E-state index in [0.29, 0.717) is 24.4 Å². The first-order chi connectivity index (χ1) is 9.74. The molecule has 0 saturated carbocycles. The van der Waals surface area contributed by atoms with Crippen LogP contribution in [0.25, 0.3) is 0 Å². The number of hydrogen-bond donors (Lipinski definition) is 2. The van der Waals surface area contributed by atoms with Gasteiger partial charge in [-0.25, -0.2) is 0 Å². The van der Waals surface area contributed by atoms with Gasteiger partial charge in [0.25, 0.3) is 5.91 Å². The van der Waals surface area contributed by atoms with Crippen molar-refractivity contribution < 1.29 is 9.59 Å². The zero-order chi connectivity index (χ0) is 13.9. The number of nitrogens with zero attached hydrogens (tertiary/aromatic N) is 1. The lowest BCUT2D eigenvalue weighted by Crippen LogP contribution is -2.48. The van der Waals surface area contributed by atoms with Crippen LogP contribution in [0.3, 0.4) is 0 Å². The van der Waals surface area contributed by atoms with Crippen LogP contribution in [0.5, 0.6) is 0 Å². The van der Waals surface area contributed by atoms with Crippen molar-refractivity contribution >= 4 is 17.5 Å². The maximum atomic E-state index is 12.1. The van der Waals surface area contributed by atoms with Gasteiger partial charge in [0.15, 0.2) is 0 Å². The molecule has 2 aliphatic rings. The van der Waals surface area contributed by atoms with E-state index in [-0.39, 0.29) is 11.8 Å². The molecule has 1 aromatic carbocycles. The highest BCUT2D eigenvalue weighted by atomic mass is 16.2. The van der Waals surface area contributed by atoms with E-state index in [1.165, 1.54) is 0 Å². The molecule has 0 atom stereocenters. The summed E-state index contributed by atoms with van der Waals surface area (Å²) in [6, 6.07) is 7.31. The Kier molecular flexibility index (Phi) is 3.69. The molecule has 5 nitrogen and oxygen atoms in total. The molecule has 0 aromatic heterocycles. The van der Waals surface area contributed by atoms with Crippen LogP contribution < -0.4 is 15.5 Å². The minimum Gasteiger partial charge on any atom is -0.352 e. The molecule has 2 fully saturated rings. The van der Waals surface area contributed by atoms with Gasteiger partial charge in [-0.1, -0.05) is 6.07 Å². The molecule has 106 valence electrons. The number of rotatable bonds is 4. The molecule has 2 N–H and O–H groups in total. The molecule has 1 aromatic rings. The summed E-state index contributed by atoms with van der Waals surface area (Å²) in [4.78, 5) is 25.6. The highest BCUT2D eigenvalue weighted by Gasteiger charge is 2.22. The number of anilines is 1. The molecule has 0 radical (unpaired) electrons. The minimum absolute atomic E-state index is 0.0644. The molecule has 2 aliphatic heterocycles. The van der Waals surface area contributed by atoms with E-state index in [4.69, 9.17) is 0 Å². The average molecular weight is 273 g/mol. The van der Waals surface area contributed by atoms with Crippen LogP contribution in [0, 0.1) is 5.92 Å². The lowest BCUT2D eigenvalue weighted by atomic mass is 10.0. The Morgan fingerprint density at radius 3 is 2.90 bits per heavy atom. The summed E-state index contributed by atoms with van der Waals surface area (Å²) in [7, 11) is 0. The third-order valence-electron chi connectivity index (χ3n) is 3.91. The highest BCUT2D eigenvalue weighted by molar-refractivity contribution is 5.99. The Hall–Kier alpha value is -1.88. The van der Waals surface area contributed by atoms with E-state index in [1.54, 1.807) is 17.0 Å². The Morgan fingerprint density at radius 1 is 1.40 bits per heavy atom. The van der Waals surface area contributed by atoms with Crippen LogP contribution in [0.2, 0.25) is 0 Å². The zero-order valence-electron chi connectivity index (χ0n) is 11.4. The van der Waals surface area contributed by atoms with Crippen LogP contribution in [-0.2, 0) is 4.79 Å². The third-order valence-corrected chi connectivity index (χ3v) is 3.91. The van der Waals surface area contributed by atoms with Crippen molar-refractivity contribution in [3.8, 4) is 0 Å². The van der Waals surface area contributed by atoms with Crippen molar-refractivity contribution in [1.29, 1.82) is 0 Å². The SMILES string of the molecule is O=C(NCC1CNC1)c1cccc(N2CCCC2=O)c1. The normalized spacial score (nSPS) is 19.0. The predicted octanol–water partition coefficient (Wildman–Crippen LogP) is 0.763. The van der Waals surface area contributed by atoms with E-state index < -0.39 is 0 Å². The van der Waals surface area contributed by atoms with Gasteiger partial charge in [0, 0.05) is 49.8 Å². The third kappa shape index (κ3) is 2.67. The molecule has 2 amide bonds. The first-order valence-electron chi connectivity index (χ1n) is 7.13. The van der Waals surface area contributed by atoms with Crippen molar-refractivity contribution in [2.45, 2.75) is 12.8 Å². The maximum absolute atomic E-state index is 12.1. The van der Waals surface area contributed by atoms with Crippen LogP contribution >= 0.6 is 0 Å². The summed E-state index contributed by atoms with van der Waals surface area (Å²) in [5.74, 6) is 0.621. The van der Waals surface area contributed by atoms with E-state index in [9.17, 15) is 9.59 Å². The lowest BCUT2D eigenvalue weighted by Gasteiger charge is -2.27. The summed E-state index contributed by atoms with van der Waals surface area (Å²) in [6.07, 6.45) is 1.50. The van der Waals surface area contributed by atoms with Crippen LogP contribution in [0.4, 0.5) is 5.69 Å². The number of carbonyl (C=O) groups is 2. The van der Waals surface area contributed by atoms with E-state index in [2.05, 4.69) is 10.6 Å². The monoisotopic (exact) mass is 273 g/mol. The standard InChI is InChI=1S/C15H19N3O2/c19-14-5-2-6-18(14)13-4-1-3-12(7-13)15(20)17-10-11-8-16-9-11/h1,3-4,7,11,16H,2,5-6,8-10H2,(H,17,20). The number of carbonyl (C=O) groups excluding carboxylic acids is 2. The summed E-state index contributed by atoms with van der Waals surface area (Å²) < 4.78 is 0. The van der Waals surface area contributed by atoms with E-state index in [0.717, 1.165) is 31.7 Å². The number of nitrogens with one attached hydrogen (secondary N) is 2. The molecular weight excluding hydrogens is 254 g/mol. The Morgan fingerprint density at radius 2 is 2.25 bits per heavy atom. The topological polar surface area (TPSA) is 61.4 Å². The molecule has 2 saturated heterocycles. The predicted molar refractivity (Wildman–Crippen MR) is 76.7 cm³/mol. The zero-order valence-corrected chi connectivity index (χ0v) is 11.4. The number of benzene rings is 1. The van der Waals surface area contributed by atoms with Gasteiger partial charge in [0.1, 0.15) is 0 Å². The fourth-order valence-electron chi connectivity index (χ4n) is 2.57. The molecule has 0 bridgehead atoms. The molecule has 2 heterocycles. The van der Waals surface area contributed by atoms with Gasteiger partial charge >= 0.3 is 0 Å². The van der Waals surface area contributed by atoms with Crippen molar-refractivity contribution in [1.82, 2.24) is 10.6 Å². The van der Waals surface area contributed by atoms with Crippen LogP contribution in [0.1, 0.15) is 23.2 Å². The lowest BCUT2D eigenvalue weighted by molar-refractivity contribution is -0.117. The second-order valence-corrected chi connectivity index (χ2v) is 5.43.